The van der Waals surface area contributed by atoms with Gasteiger partial charge in [0.05, 0.1) is 11.8 Å². The summed E-state index contributed by atoms with van der Waals surface area (Å²) in [5.74, 6) is -1.35. The van der Waals surface area contributed by atoms with Gasteiger partial charge in [-0.1, -0.05) is 0 Å². The Morgan fingerprint density at radius 1 is 1.56 bits per heavy atom. The molecule has 1 aromatic rings. The van der Waals surface area contributed by atoms with Crippen LogP contribution in [0.4, 0.5) is 0 Å². The van der Waals surface area contributed by atoms with Crippen LogP contribution in [0.15, 0.2) is 6.20 Å². The highest BCUT2D eigenvalue weighted by Crippen LogP contribution is 2.32. The summed E-state index contributed by atoms with van der Waals surface area (Å²) in [6, 6.07) is 0. The first-order valence-electron chi connectivity index (χ1n) is 5.11. The molecule has 3 N–H and O–H groups in total. The SMILES string of the molecule is Cc1[nH]ncc1C(=O)NC1(C(=O)O)CCC1. The van der Waals surface area contributed by atoms with Crippen LogP contribution in [0.2, 0.25) is 0 Å². The Morgan fingerprint density at radius 2 is 2.25 bits per heavy atom. The lowest BCUT2D eigenvalue weighted by Gasteiger charge is -2.38. The number of H-pyrrole nitrogens is 1. The van der Waals surface area contributed by atoms with E-state index in [-0.39, 0.29) is 5.91 Å². The minimum absolute atomic E-state index is 0.381. The van der Waals surface area contributed by atoms with Gasteiger partial charge in [0.15, 0.2) is 0 Å². The number of aromatic nitrogens is 2. The molecule has 6 heteroatoms. The van der Waals surface area contributed by atoms with Gasteiger partial charge in [-0.2, -0.15) is 5.10 Å². The summed E-state index contributed by atoms with van der Waals surface area (Å²) in [5, 5.41) is 18.0. The molecule has 1 aliphatic rings. The Bertz CT molecular complexity index is 434. The van der Waals surface area contributed by atoms with E-state index in [0.717, 1.165) is 6.42 Å². The molecular formula is C10H13N3O3. The second kappa shape index (κ2) is 3.62. The zero-order chi connectivity index (χ0) is 11.8. The molecular weight excluding hydrogens is 210 g/mol. The zero-order valence-electron chi connectivity index (χ0n) is 8.91. The third kappa shape index (κ3) is 1.56. The fourth-order valence-electron chi connectivity index (χ4n) is 1.79. The summed E-state index contributed by atoms with van der Waals surface area (Å²) in [7, 11) is 0. The second-order valence-corrected chi connectivity index (χ2v) is 4.10. The van der Waals surface area contributed by atoms with Crippen LogP contribution in [0.1, 0.15) is 35.3 Å². The van der Waals surface area contributed by atoms with E-state index in [1.54, 1.807) is 6.92 Å². The summed E-state index contributed by atoms with van der Waals surface area (Å²) in [5.41, 5.74) is -0.0364. The van der Waals surface area contributed by atoms with E-state index in [1.165, 1.54) is 6.20 Å². The summed E-state index contributed by atoms with van der Waals surface area (Å²) in [6.45, 7) is 1.72. The van der Waals surface area contributed by atoms with Gasteiger partial charge < -0.3 is 10.4 Å². The Labute approximate surface area is 92.0 Å². The van der Waals surface area contributed by atoms with Gasteiger partial charge in [-0.3, -0.25) is 9.89 Å². The van der Waals surface area contributed by atoms with Crippen molar-refractivity contribution in [1.82, 2.24) is 15.5 Å². The maximum atomic E-state index is 11.8. The maximum absolute atomic E-state index is 11.8. The number of amides is 1. The third-order valence-electron chi connectivity index (χ3n) is 3.04. The van der Waals surface area contributed by atoms with Gasteiger partial charge in [0.2, 0.25) is 0 Å². The van der Waals surface area contributed by atoms with E-state index in [1.807, 2.05) is 0 Å². The smallest absolute Gasteiger partial charge is 0.329 e. The highest BCUT2D eigenvalue weighted by Gasteiger charge is 2.45. The summed E-state index contributed by atoms with van der Waals surface area (Å²) in [4.78, 5) is 22.9. The molecule has 6 nitrogen and oxygen atoms in total. The Kier molecular flexibility index (Phi) is 2.41. The molecule has 0 saturated heterocycles. The van der Waals surface area contributed by atoms with Gasteiger partial charge >= 0.3 is 5.97 Å². The molecule has 2 rings (SSSR count). The van der Waals surface area contributed by atoms with Crippen LogP contribution < -0.4 is 5.32 Å². The molecule has 1 heterocycles. The fourth-order valence-corrected chi connectivity index (χ4v) is 1.79. The minimum atomic E-state index is -1.07. The number of nitrogens with one attached hydrogen (secondary N) is 2. The van der Waals surface area contributed by atoms with E-state index in [9.17, 15) is 9.59 Å². The van der Waals surface area contributed by atoms with Crippen molar-refractivity contribution in [3.63, 3.8) is 0 Å². The average molecular weight is 223 g/mol. The number of aryl methyl sites for hydroxylation is 1. The normalized spacial score (nSPS) is 17.6. The highest BCUT2D eigenvalue weighted by atomic mass is 16.4. The van der Waals surface area contributed by atoms with Gasteiger partial charge in [-0.05, 0) is 26.2 Å². The molecule has 1 amide bonds. The van der Waals surface area contributed by atoms with Gasteiger partial charge in [-0.25, -0.2) is 4.79 Å². The number of rotatable bonds is 3. The maximum Gasteiger partial charge on any atom is 0.329 e. The minimum Gasteiger partial charge on any atom is -0.480 e. The lowest BCUT2D eigenvalue weighted by atomic mass is 9.76. The largest absolute Gasteiger partial charge is 0.480 e. The van der Waals surface area contributed by atoms with Crippen molar-refractivity contribution in [2.75, 3.05) is 0 Å². The van der Waals surface area contributed by atoms with Crippen LogP contribution in [-0.4, -0.2) is 32.7 Å². The average Bonchev–Trinajstić information content (AvgIpc) is 2.57. The van der Waals surface area contributed by atoms with Crippen molar-refractivity contribution in [3.8, 4) is 0 Å². The number of carboxylic acids is 1. The molecule has 0 aliphatic heterocycles. The first-order chi connectivity index (χ1) is 7.55. The topological polar surface area (TPSA) is 95.1 Å². The van der Waals surface area contributed by atoms with Crippen molar-refractivity contribution in [3.05, 3.63) is 17.5 Å². The molecule has 1 aromatic heterocycles. The monoisotopic (exact) mass is 223 g/mol. The number of hydrogen-bond donors (Lipinski definition) is 3. The van der Waals surface area contributed by atoms with Gasteiger partial charge in [0.25, 0.3) is 5.91 Å². The van der Waals surface area contributed by atoms with Crippen LogP contribution >= 0.6 is 0 Å². The molecule has 1 saturated carbocycles. The molecule has 1 aliphatic carbocycles. The van der Waals surface area contributed by atoms with E-state index < -0.39 is 11.5 Å². The number of aliphatic carboxylic acids is 1. The molecule has 0 spiro atoms. The summed E-state index contributed by atoms with van der Waals surface area (Å²) in [6.07, 6.45) is 3.21. The van der Waals surface area contributed by atoms with Crippen LogP contribution in [0.3, 0.4) is 0 Å². The molecule has 1 fully saturated rings. The second-order valence-electron chi connectivity index (χ2n) is 4.10. The van der Waals surface area contributed by atoms with Crippen molar-refractivity contribution >= 4 is 11.9 Å². The number of carbonyl (C=O) groups is 2. The van der Waals surface area contributed by atoms with Crippen LogP contribution in [0, 0.1) is 6.92 Å². The number of carbonyl (C=O) groups excluding carboxylic acids is 1. The van der Waals surface area contributed by atoms with Crippen molar-refractivity contribution in [2.45, 2.75) is 31.7 Å². The van der Waals surface area contributed by atoms with E-state index in [0.29, 0.717) is 24.1 Å². The molecule has 0 unspecified atom stereocenters. The number of nitrogens with zero attached hydrogens (tertiary/aromatic N) is 1. The first-order valence-corrected chi connectivity index (χ1v) is 5.11. The molecule has 0 aromatic carbocycles. The predicted molar refractivity (Wildman–Crippen MR) is 55.0 cm³/mol. The van der Waals surface area contributed by atoms with Gasteiger partial charge in [0, 0.05) is 5.69 Å². The highest BCUT2D eigenvalue weighted by molar-refractivity contribution is 5.98. The van der Waals surface area contributed by atoms with Gasteiger partial charge in [-0.15, -0.1) is 0 Å². The number of hydrogen-bond acceptors (Lipinski definition) is 3. The van der Waals surface area contributed by atoms with E-state index >= 15 is 0 Å². The van der Waals surface area contributed by atoms with Crippen molar-refractivity contribution in [1.29, 1.82) is 0 Å². The van der Waals surface area contributed by atoms with Crippen LogP contribution in [0.5, 0.6) is 0 Å². The molecule has 86 valence electrons. The van der Waals surface area contributed by atoms with Gasteiger partial charge in [0.1, 0.15) is 5.54 Å². The molecule has 0 atom stereocenters. The standard InChI is InChI=1S/C10H13N3O3/c1-6-7(5-11-13-6)8(14)12-10(9(15)16)3-2-4-10/h5H,2-4H2,1H3,(H,11,13)(H,12,14)(H,15,16). The van der Waals surface area contributed by atoms with Crippen molar-refractivity contribution in [2.24, 2.45) is 0 Å². The quantitative estimate of drug-likeness (QED) is 0.693. The number of aromatic amines is 1. The third-order valence-corrected chi connectivity index (χ3v) is 3.04. The van der Waals surface area contributed by atoms with E-state index in [4.69, 9.17) is 5.11 Å². The van der Waals surface area contributed by atoms with Crippen LogP contribution in [0.25, 0.3) is 0 Å². The van der Waals surface area contributed by atoms with Crippen molar-refractivity contribution < 1.29 is 14.7 Å². The molecule has 0 radical (unpaired) electrons. The molecule has 0 bridgehead atoms. The number of carboxylic acid groups (broad SMARTS) is 1. The predicted octanol–water partition coefficient (Wildman–Crippen LogP) is 0.455. The first kappa shape index (κ1) is 10.7. The van der Waals surface area contributed by atoms with Crippen LogP contribution in [-0.2, 0) is 4.79 Å². The lowest BCUT2D eigenvalue weighted by molar-refractivity contribution is -0.148. The lowest BCUT2D eigenvalue weighted by Crippen LogP contribution is -2.59. The summed E-state index contributed by atoms with van der Waals surface area (Å²) < 4.78 is 0. The molecule has 16 heavy (non-hydrogen) atoms. The Balaban J connectivity index is 2.13. The Hall–Kier alpha value is -1.85. The zero-order valence-corrected chi connectivity index (χ0v) is 8.91. The Morgan fingerprint density at radius 3 is 2.62 bits per heavy atom. The van der Waals surface area contributed by atoms with E-state index in [2.05, 4.69) is 15.5 Å². The fraction of sp³-hybridized carbons (Fsp3) is 0.500. The summed E-state index contributed by atoms with van der Waals surface area (Å²) >= 11 is 0.